The molecule has 2 aromatic carbocycles. The Morgan fingerprint density at radius 3 is 2.17 bits per heavy atom. The van der Waals surface area contributed by atoms with E-state index < -0.39 is 6.09 Å². The Morgan fingerprint density at radius 2 is 1.59 bits per heavy atom. The van der Waals surface area contributed by atoms with Crippen LogP contribution in [0.3, 0.4) is 0 Å². The molecule has 0 aliphatic heterocycles. The predicted molar refractivity (Wildman–Crippen MR) is 113 cm³/mol. The Kier molecular flexibility index (Phi) is 5.92. The predicted octanol–water partition coefficient (Wildman–Crippen LogP) is 5.09. The molecule has 0 saturated carbocycles. The average Bonchev–Trinajstić information content (AvgIpc) is 2.68. The zero-order chi connectivity index (χ0) is 21.1. The van der Waals surface area contributed by atoms with Crippen molar-refractivity contribution in [2.75, 3.05) is 7.11 Å². The van der Waals surface area contributed by atoms with Gasteiger partial charge in [0.25, 0.3) is 0 Å². The maximum absolute atomic E-state index is 12.9. The first-order valence-corrected chi connectivity index (χ1v) is 9.52. The maximum Gasteiger partial charge on any atom is 0.415 e. The number of fused-ring (bicyclic) bond motifs is 1. The molecule has 0 saturated heterocycles. The first-order chi connectivity index (χ1) is 13.8. The van der Waals surface area contributed by atoms with Crippen molar-refractivity contribution in [3.8, 4) is 22.6 Å². The molecule has 1 aromatic heterocycles. The van der Waals surface area contributed by atoms with Crippen molar-refractivity contribution in [1.29, 1.82) is 0 Å². The molecule has 1 heterocycles. The zero-order valence-electron chi connectivity index (χ0n) is 17.3. The number of amides is 1. The Bertz CT molecular complexity index is 1060. The van der Waals surface area contributed by atoms with E-state index in [0.717, 1.165) is 5.56 Å². The molecule has 0 bridgehead atoms. The molecule has 0 aliphatic carbocycles. The normalized spacial score (nSPS) is 11.1. The largest absolute Gasteiger partial charge is 0.497 e. The molecule has 0 fully saturated rings. The summed E-state index contributed by atoms with van der Waals surface area (Å²) < 4.78 is 16.3. The number of ether oxygens (including phenoxy) is 2. The van der Waals surface area contributed by atoms with Crippen LogP contribution < -0.4 is 14.9 Å². The first kappa shape index (κ1) is 20.5. The third-order valence-corrected chi connectivity index (χ3v) is 4.68. The number of nitrogens with zero attached hydrogens (tertiary/aromatic N) is 1. The molecule has 0 N–H and O–H groups in total. The molecule has 0 spiro atoms. The highest BCUT2D eigenvalue weighted by molar-refractivity contribution is 5.83. The van der Waals surface area contributed by atoms with Gasteiger partial charge >= 0.3 is 6.09 Å². The molecule has 6 nitrogen and oxygen atoms in total. The Balaban J connectivity index is 1.91. The van der Waals surface area contributed by atoms with E-state index in [1.807, 2.05) is 27.7 Å². The number of methoxy groups -OCH3 is 1. The molecule has 3 rings (SSSR count). The van der Waals surface area contributed by atoms with Crippen molar-refractivity contribution in [2.24, 2.45) is 0 Å². The van der Waals surface area contributed by atoms with E-state index in [4.69, 9.17) is 13.9 Å². The van der Waals surface area contributed by atoms with Crippen molar-refractivity contribution in [3.05, 3.63) is 59.0 Å². The van der Waals surface area contributed by atoms with Crippen molar-refractivity contribution < 1.29 is 18.7 Å². The van der Waals surface area contributed by atoms with Gasteiger partial charge in [-0.05, 0) is 57.5 Å². The average molecular weight is 395 g/mol. The second-order valence-corrected chi connectivity index (χ2v) is 7.33. The van der Waals surface area contributed by atoms with Crippen LogP contribution in [0.4, 0.5) is 4.79 Å². The van der Waals surface area contributed by atoms with Crippen LogP contribution in [0.1, 0.15) is 27.7 Å². The van der Waals surface area contributed by atoms with Gasteiger partial charge < -0.3 is 18.8 Å². The van der Waals surface area contributed by atoms with Crippen LogP contribution in [0.15, 0.2) is 57.9 Å². The lowest BCUT2D eigenvalue weighted by atomic mass is 10.1. The Hall–Kier alpha value is -3.28. The number of hydrogen-bond acceptors (Lipinski definition) is 5. The van der Waals surface area contributed by atoms with Crippen molar-refractivity contribution in [3.63, 3.8) is 0 Å². The number of benzene rings is 2. The van der Waals surface area contributed by atoms with Gasteiger partial charge in [0, 0.05) is 18.2 Å². The number of hydrogen-bond donors (Lipinski definition) is 0. The summed E-state index contributed by atoms with van der Waals surface area (Å²) in [4.78, 5) is 27.0. The molecule has 0 radical (unpaired) electrons. The summed E-state index contributed by atoms with van der Waals surface area (Å²) in [6.07, 6.45) is 0.985. The Morgan fingerprint density at radius 1 is 0.966 bits per heavy atom. The molecule has 6 heteroatoms. The van der Waals surface area contributed by atoms with Gasteiger partial charge in [-0.25, -0.2) is 4.79 Å². The van der Waals surface area contributed by atoms with Crippen molar-refractivity contribution in [2.45, 2.75) is 39.8 Å². The second kappa shape index (κ2) is 8.39. The molecule has 0 atom stereocenters. The summed E-state index contributed by atoms with van der Waals surface area (Å²) in [5.41, 5.74) is 1.40. The molecular weight excluding hydrogens is 370 g/mol. The molecule has 0 aliphatic rings. The van der Waals surface area contributed by atoms with Gasteiger partial charge in [0.15, 0.2) is 5.43 Å². The lowest BCUT2D eigenvalue weighted by molar-refractivity contribution is 0.123. The third-order valence-electron chi connectivity index (χ3n) is 4.68. The molecule has 0 unspecified atom stereocenters. The van der Waals surface area contributed by atoms with E-state index in [-0.39, 0.29) is 17.5 Å². The van der Waals surface area contributed by atoms with E-state index in [2.05, 4.69) is 0 Å². The number of carbonyl (C=O) groups excluding carboxylic acids is 1. The molecular formula is C23H25NO5. The zero-order valence-corrected chi connectivity index (χ0v) is 17.3. The third kappa shape index (κ3) is 4.26. The van der Waals surface area contributed by atoms with Gasteiger partial charge in [0.1, 0.15) is 23.3 Å². The highest BCUT2D eigenvalue weighted by atomic mass is 16.6. The minimum Gasteiger partial charge on any atom is -0.497 e. The van der Waals surface area contributed by atoms with E-state index in [9.17, 15) is 9.59 Å². The summed E-state index contributed by atoms with van der Waals surface area (Å²) in [5.74, 6) is 1.04. The molecule has 29 heavy (non-hydrogen) atoms. The number of carbonyl (C=O) groups is 1. The monoisotopic (exact) mass is 395 g/mol. The lowest BCUT2D eigenvalue weighted by Crippen LogP contribution is -2.43. The smallest absolute Gasteiger partial charge is 0.415 e. The van der Waals surface area contributed by atoms with Crippen molar-refractivity contribution in [1.82, 2.24) is 4.90 Å². The fraction of sp³-hybridized carbons (Fsp3) is 0.304. The van der Waals surface area contributed by atoms with E-state index in [0.29, 0.717) is 28.0 Å². The topological polar surface area (TPSA) is 69.0 Å². The lowest BCUT2D eigenvalue weighted by Gasteiger charge is -2.29. The summed E-state index contributed by atoms with van der Waals surface area (Å²) in [5, 5.41) is 0.419. The Labute approximate surface area is 169 Å². The van der Waals surface area contributed by atoms with Gasteiger partial charge in [-0.15, -0.1) is 0 Å². The fourth-order valence-corrected chi connectivity index (χ4v) is 3.31. The van der Waals surface area contributed by atoms with Crippen LogP contribution >= 0.6 is 0 Å². The van der Waals surface area contributed by atoms with Crippen LogP contribution in [0.25, 0.3) is 22.1 Å². The van der Waals surface area contributed by atoms with Crippen LogP contribution in [-0.4, -0.2) is 30.2 Å². The summed E-state index contributed by atoms with van der Waals surface area (Å²) in [7, 11) is 1.59. The standard InChI is InChI=1S/C23H25NO5/c1-14(2)24(15(3)4)23(26)29-18-10-11-19-21(12-18)28-13-20(22(19)25)16-6-8-17(27-5)9-7-16/h6-15H,1-5H3. The first-order valence-electron chi connectivity index (χ1n) is 9.52. The van der Waals surface area contributed by atoms with Gasteiger partial charge in [0.2, 0.25) is 0 Å². The molecule has 152 valence electrons. The van der Waals surface area contributed by atoms with Crippen LogP contribution in [0.5, 0.6) is 11.5 Å². The minimum absolute atomic E-state index is 0.00735. The number of rotatable bonds is 5. The summed E-state index contributed by atoms with van der Waals surface area (Å²) >= 11 is 0. The summed E-state index contributed by atoms with van der Waals surface area (Å²) in [6, 6.07) is 12.0. The van der Waals surface area contributed by atoms with Gasteiger partial charge in [-0.3, -0.25) is 4.79 Å². The minimum atomic E-state index is -0.438. The SMILES string of the molecule is COc1ccc(-c2coc3cc(OC(=O)N(C(C)C)C(C)C)ccc3c2=O)cc1. The van der Waals surface area contributed by atoms with Gasteiger partial charge in [-0.1, -0.05) is 12.1 Å². The van der Waals surface area contributed by atoms with Crippen molar-refractivity contribution >= 4 is 17.1 Å². The second-order valence-electron chi connectivity index (χ2n) is 7.33. The van der Waals surface area contributed by atoms with Crippen LogP contribution in [-0.2, 0) is 0 Å². The van der Waals surface area contributed by atoms with Crippen LogP contribution in [0.2, 0.25) is 0 Å². The molecule has 3 aromatic rings. The maximum atomic E-state index is 12.9. The van der Waals surface area contributed by atoms with E-state index in [1.54, 1.807) is 54.5 Å². The quantitative estimate of drug-likeness (QED) is 0.602. The summed E-state index contributed by atoms with van der Waals surface area (Å²) in [6.45, 7) is 7.73. The van der Waals surface area contributed by atoms with E-state index >= 15 is 0 Å². The van der Waals surface area contributed by atoms with E-state index in [1.165, 1.54) is 6.26 Å². The fourth-order valence-electron chi connectivity index (χ4n) is 3.31. The van der Waals surface area contributed by atoms with Crippen LogP contribution in [0, 0.1) is 0 Å². The highest BCUT2D eigenvalue weighted by Gasteiger charge is 2.22. The highest BCUT2D eigenvalue weighted by Crippen LogP contribution is 2.25. The van der Waals surface area contributed by atoms with Gasteiger partial charge in [-0.2, -0.15) is 0 Å². The van der Waals surface area contributed by atoms with Gasteiger partial charge in [0.05, 0.1) is 18.1 Å². The molecule has 1 amide bonds.